The first kappa shape index (κ1) is 17.1. The van der Waals surface area contributed by atoms with Gasteiger partial charge in [0.15, 0.2) is 11.6 Å². The van der Waals surface area contributed by atoms with Crippen LogP contribution in [0.2, 0.25) is 0 Å². The van der Waals surface area contributed by atoms with Gasteiger partial charge in [0.05, 0.1) is 17.8 Å². The summed E-state index contributed by atoms with van der Waals surface area (Å²) in [6.45, 7) is 7.35. The summed E-state index contributed by atoms with van der Waals surface area (Å²) in [6, 6.07) is 9.70. The van der Waals surface area contributed by atoms with E-state index in [1.807, 2.05) is 51.1 Å². The molecule has 0 aliphatic carbocycles. The molecular formula is C18H21FN4O2. The first-order valence-electron chi connectivity index (χ1n) is 8.15. The molecular weight excluding hydrogens is 323 g/mol. The van der Waals surface area contributed by atoms with Gasteiger partial charge in [-0.25, -0.2) is 19.1 Å². The molecule has 25 heavy (non-hydrogen) atoms. The first-order chi connectivity index (χ1) is 11.8. The number of nitrogens with one attached hydrogen (secondary N) is 1. The number of hydrogen-bond donors (Lipinski definition) is 1. The highest BCUT2D eigenvalue weighted by atomic mass is 19.1. The van der Waals surface area contributed by atoms with E-state index in [4.69, 9.17) is 4.74 Å². The standard InChI is InChI=1S/C18H21FN4O2/c1-11(13-8-6-5-7-9-13)21-16-20-10-14(19)15(22-16)23-17(24)25-12(2)18(23,3)4/h5-12H,1-4H3,(H,20,21,22). The Morgan fingerprint density at radius 3 is 2.60 bits per heavy atom. The van der Waals surface area contributed by atoms with Crippen molar-refractivity contribution in [1.82, 2.24) is 9.97 Å². The molecule has 0 radical (unpaired) electrons. The van der Waals surface area contributed by atoms with Crippen LogP contribution in [0.3, 0.4) is 0 Å². The van der Waals surface area contributed by atoms with Crippen molar-refractivity contribution < 1.29 is 13.9 Å². The highest BCUT2D eigenvalue weighted by Crippen LogP contribution is 2.35. The Bertz CT molecular complexity index is 782. The number of hydrogen-bond acceptors (Lipinski definition) is 5. The van der Waals surface area contributed by atoms with Crippen molar-refractivity contribution in [2.45, 2.75) is 45.4 Å². The maximum atomic E-state index is 14.3. The number of halogens is 1. The summed E-state index contributed by atoms with van der Waals surface area (Å²) in [5, 5.41) is 3.13. The van der Waals surface area contributed by atoms with E-state index >= 15 is 0 Å². The average molecular weight is 344 g/mol. The van der Waals surface area contributed by atoms with Crippen LogP contribution in [0.4, 0.5) is 21.0 Å². The molecule has 1 aliphatic rings. The summed E-state index contributed by atoms with van der Waals surface area (Å²) in [5.74, 6) is -0.509. The van der Waals surface area contributed by atoms with Crippen LogP contribution in [-0.4, -0.2) is 27.7 Å². The largest absolute Gasteiger partial charge is 0.444 e. The Morgan fingerprint density at radius 1 is 1.32 bits per heavy atom. The van der Waals surface area contributed by atoms with E-state index < -0.39 is 17.4 Å². The Kier molecular flexibility index (Phi) is 4.32. The summed E-state index contributed by atoms with van der Waals surface area (Å²) in [5.41, 5.74) is 0.334. The highest BCUT2D eigenvalue weighted by molar-refractivity contribution is 5.90. The number of rotatable bonds is 4. The maximum absolute atomic E-state index is 14.3. The highest BCUT2D eigenvalue weighted by Gasteiger charge is 2.48. The number of cyclic esters (lactones) is 1. The van der Waals surface area contributed by atoms with E-state index in [1.54, 1.807) is 6.92 Å². The molecule has 1 aromatic carbocycles. The fourth-order valence-electron chi connectivity index (χ4n) is 2.73. The zero-order chi connectivity index (χ0) is 18.2. The third kappa shape index (κ3) is 3.14. The van der Waals surface area contributed by atoms with Crippen LogP contribution in [-0.2, 0) is 4.74 Å². The first-order valence-corrected chi connectivity index (χ1v) is 8.15. The molecule has 0 spiro atoms. The summed E-state index contributed by atoms with van der Waals surface area (Å²) < 4.78 is 19.6. The van der Waals surface area contributed by atoms with E-state index in [0.29, 0.717) is 0 Å². The molecule has 1 amide bonds. The molecule has 7 heteroatoms. The molecule has 1 aliphatic heterocycles. The molecule has 2 unspecified atom stereocenters. The predicted octanol–water partition coefficient (Wildman–Crippen LogP) is 3.91. The smallest absolute Gasteiger partial charge is 0.416 e. The molecule has 2 heterocycles. The topological polar surface area (TPSA) is 67.4 Å². The lowest BCUT2D eigenvalue weighted by atomic mass is 9.98. The Morgan fingerprint density at radius 2 is 2.00 bits per heavy atom. The molecule has 2 aromatic rings. The van der Waals surface area contributed by atoms with Crippen molar-refractivity contribution >= 4 is 17.9 Å². The van der Waals surface area contributed by atoms with Gasteiger partial charge in [-0.15, -0.1) is 0 Å². The van der Waals surface area contributed by atoms with Crippen LogP contribution in [0.1, 0.15) is 39.3 Å². The van der Waals surface area contributed by atoms with Crippen molar-refractivity contribution in [3.63, 3.8) is 0 Å². The van der Waals surface area contributed by atoms with Crippen molar-refractivity contribution in [1.29, 1.82) is 0 Å². The van der Waals surface area contributed by atoms with Gasteiger partial charge in [-0.05, 0) is 33.3 Å². The fraction of sp³-hybridized carbons (Fsp3) is 0.389. The minimum atomic E-state index is -0.714. The SMILES string of the molecule is CC(Nc1ncc(F)c(N2C(=O)OC(C)C2(C)C)n1)c1ccccc1. The van der Waals surface area contributed by atoms with E-state index in [0.717, 1.165) is 11.8 Å². The molecule has 0 bridgehead atoms. The molecule has 3 rings (SSSR count). The molecule has 2 atom stereocenters. The number of carbonyl (C=O) groups is 1. The number of carbonyl (C=O) groups excluding carboxylic acids is 1. The van der Waals surface area contributed by atoms with Gasteiger partial charge in [-0.1, -0.05) is 30.3 Å². The Hall–Kier alpha value is -2.70. The molecule has 1 saturated heterocycles. The summed E-state index contributed by atoms with van der Waals surface area (Å²) in [4.78, 5) is 21.6. The summed E-state index contributed by atoms with van der Waals surface area (Å²) >= 11 is 0. The van der Waals surface area contributed by atoms with Gasteiger partial charge in [-0.3, -0.25) is 0 Å². The zero-order valence-electron chi connectivity index (χ0n) is 14.7. The lowest BCUT2D eigenvalue weighted by molar-refractivity contribution is 0.129. The molecule has 1 N–H and O–H groups in total. The second-order valence-electron chi connectivity index (χ2n) is 6.66. The normalized spacial score (nSPS) is 20.3. The zero-order valence-corrected chi connectivity index (χ0v) is 14.7. The fourth-order valence-corrected chi connectivity index (χ4v) is 2.73. The average Bonchev–Trinajstić information content (AvgIpc) is 2.78. The quantitative estimate of drug-likeness (QED) is 0.911. The van der Waals surface area contributed by atoms with Crippen LogP contribution < -0.4 is 10.2 Å². The minimum absolute atomic E-state index is 0.0722. The van der Waals surface area contributed by atoms with Gasteiger partial charge < -0.3 is 10.1 Å². The molecule has 0 saturated carbocycles. The molecule has 132 valence electrons. The summed E-state index contributed by atoms with van der Waals surface area (Å²) in [7, 11) is 0. The number of aromatic nitrogens is 2. The number of nitrogens with zero attached hydrogens (tertiary/aromatic N) is 3. The Labute approximate surface area is 146 Å². The van der Waals surface area contributed by atoms with Crippen LogP contribution >= 0.6 is 0 Å². The van der Waals surface area contributed by atoms with E-state index in [9.17, 15) is 9.18 Å². The van der Waals surface area contributed by atoms with Crippen LogP contribution in [0.5, 0.6) is 0 Å². The van der Waals surface area contributed by atoms with Crippen molar-refractivity contribution in [2.24, 2.45) is 0 Å². The maximum Gasteiger partial charge on any atom is 0.416 e. The van der Waals surface area contributed by atoms with Crippen LogP contribution in [0.25, 0.3) is 0 Å². The van der Waals surface area contributed by atoms with Gasteiger partial charge in [0.1, 0.15) is 6.10 Å². The van der Waals surface area contributed by atoms with Gasteiger partial charge in [0.25, 0.3) is 0 Å². The van der Waals surface area contributed by atoms with Gasteiger partial charge in [-0.2, -0.15) is 4.98 Å². The monoisotopic (exact) mass is 344 g/mol. The lowest BCUT2D eigenvalue weighted by Crippen LogP contribution is -2.46. The predicted molar refractivity (Wildman–Crippen MR) is 93.0 cm³/mol. The van der Waals surface area contributed by atoms with E-state index in [1.165, 1.54) is 4.90 Å². The van der Waals surface area contributed by atoms with Crippen molar-refractivity contribution in [3.05, 3.63) is 47.9 Å². The minimum Gasteiger partial charge on any atom is -0.444 e. The number of amides is 1. The Balaban J connectivity index is 1.90. The molecule has 1 fully saturated rings. The van der Waals surface area contributed by atoms with Gasteiger partial charge >= 0.3 is 6.09 Å². The lowest BCUT2D eigenvalue weighted by Gasteiger charge is -2.30. The number of benzene rings is 1. The second-order valence-corrected chi connectivity index (χ2v) is 6.66. The van der Waals surface area contributed by atoms with Gasteiger partial charge in [0, 0.05) is 0 Å². The van der Waals surface area contributed by atoms with Crippen LogP contribution in [0, 0.1) is 5.82 Å². The molecule has 6 nitrogen and oxygen atoms in total. The third-order valence-corrected chi connectivity index (χ3v) is 4.61. The van der Waals surface area contributed by atoms with E-state index in [2.05, 4.69) is 15.3 Å². The van der Waals surface area contributed by atoms with Crippen molar-refractivity contribution in [3.8, 4) is 0 Å². The number of ether oxygens (including phenoxy) is 1. The van der Waals surface area contributed by atoms with Crippen LogP contribution in [0.15, 0.2) is 36.5 Å². The van der Waals surface area contributed by atoms with E-state index in [-0.39, 0.29) is 23.9 Å². The van der Waals surface area contributed by atoms with Gasteiger partial charge in [0.2, 0.25) is 5.95 Å². The number of anilines is 2. The second kappa shape index (κ2) is 6.31. The molecule has 1 aromatic heterocycles. The van der Waals surface area contributed by atoms with Crippen molar-refractivity contribution in [2.75, 3.05) is 10.2 Å². The third-order valence-electron chi connectivity index (χ3n) is 4.61. The summed E-state index contributed by atoms with van der Waals surface area (Å²) in [6.07, 6.45) is 0.0699.